The van der Waals surface area contributed by atoms with Crippen molar-refractivity contribution in [3.05, 3.63) is 30.5 Å². The predicted molar refractivity (Wildman–Crippen MR) is 90.8 cm³/mol. The maximum Gasteiger partial charge on any atom is 0.220 e. The molecule has 0 fully saturated rings. The first-order chi connectivity index (χ1) is 10.5. The molecule has 0 heterocycles. The highest BCUT2D eigenvalue weighted by atomic mass is 16.1. The molecule has 0 rings (SSSR count). The summed E-state index contributed by atoms with van der Waals surface area (Å²) in [5.41, 5.74) is 13.5. The van der Waals surface area contributed by atoms with Crippen LogP contribution in [0.3, 0.4) is 0 Å². The van der Waals surface area contributed by atoms with Crippen LogP contribution in [0, 0.1) is 11.8 Å². The Morgan fingerprint density at radius 2 is 1.64 bits per heavy atom. The quantitative estimate of drug-likeness (QED) is 0.311. The van der Waals surface area contributed by atoms with Gasteiger partial charge in [0, 0.05) is 11.8 Å². The molecule has 0 spiro atoms. The molecule has 0 bridgehead atoms. The molecule has 2 unspecified atom stereocenters. The summed E-state index contributed by atoms with van der Waals surface area (Å²) in [5.74, 6) is -0.811. The van der Waals surface area contributed by atoms with E-state index in [0.29, 0.717) is 12.8 Å². The minimum atomic E-state index is -0.297. The fourth-order valence-electron chi connectivity index (χ4n) is 2.44. The van der Waals surface area contributed by atoms with Crippen molar-refractivity contribution in [3.8, 4) is 0 Å². The normalized spacial score (nSPS) is 13.5. The maximum atomic E-state index is 11.4. The summed E-state index contributed by atoms with van der Waals surface area (Å²) in [5, 5.41) is 0. The van der Waals surface area contributed by atoms with E-state index in [0.717, 1.165) is 38.5 Å². The van der Waals surface area contributed by atoms with Gasteiger partial charge in [-0.05, 0) is 31.8 Å². The summed E-state index contributed by atoms with van der Waals surface area (Å²) in [7, 11) is 0. The lowest BCUT2D eigenvalue weighted by Gasteiger charge is -2.15. The van der Waals surface area contributed by atoms with E-state index in [1.807, 2.05) is 6.08 Å². The van der Waals surface area contributed by atoms with Crippen molar-refractivity contribution < 1.29 is 9.59 Å². The molecule has 4 nitrogen and oxygen atoms in total. The van der Waals surface area contributed by atoms with Crippen LogP contribution in [0.25, 0.3) is 0 Å². The van der Waals surface area contributed by atoms with Gasteiger partial charge in [-0.25, -0.2) is 0 Å². The lowest BCUT2D eigenvalue weighted by atomic mass is 9.91. The van der Waals surface area contributed by atoms with Crippen molar-refractivity contribution in [3.63, 3.8) is 0 Å². The molecule has 0 radical (unpaired) electrons. The molecule has 0 aliphatic carbocycles. The third kappa shape index (κ3) is 10.0. The third-order valence-electron chi connectivity index (χ3n) is 3.84. The Balaban J connectivity index is 4.24. The first-order valence-electron chi connectivity index (χ1n) is 8.12. The number of allylic oxidation sites excluding steroid dienone is 3. The summed E-state index contributed by atoms with van der Waals surface area (Å²) in [6, 6.07) is 0. The van der Waals surface area contributed by atoms with Gasteiger partial charge in [0.1, 0.15) is 0 Å². The highest BCUT2D eigenvalue weighted by molar-refractivity contribution is 5.77. The van der Waals surface area contributed by atoms with Crippen LogP contribution >= 0.6 is 0 Å². The zero-order chi connectivity index (χ0) is 16.8. The van der Waals surface area contributed by atoms with Crippen molar-refractivity contribution in [2.75, 3.05) is 0 Å². The molecule has 2 amide bonds. The first-order valence-corrected chi connectivity index (χ1v) is 8.12. The molecule has 22 heavy (non-hydrogen) atoms. The Labute approximate surface area is 134 Å². The average Bonchev–Trinajstić information content (AvgIpc) is 2.47. The molecule has 0 aromatic carbocycles. The van der Waals surface area contributed by atoms with Gasteiger partial charge in [0.25, 0.3) is 0 Å². The van der Waals surface area contributed by atoms with Crippen molar-refractivity contribution in [2.45, 2.75) is 58.3 Å². The van der Waals surface area contributed by atoms with Gasteiger partial charge in [0.2, 0.25) is 11.8 Å². The van der Waals surface area contributed by atoms with Crippen LogP contribution in [0.1, 0.15) is 58.3 Å². The molecule has 0 saturated carbocycles. The molecule has 4 heteroatoms. The largest absolute Gasteiger partial charge is 0.369 e. The minimum Gasteiger partial charge on any atom is -0.369 e. The smallest absolute Gasteiger partial charge is 0.220 e. The van der Waals surface area contributed by atoms with Crippen LogP contribution in [0.5, 0.6) is 0 Å². The number of rotatable bonds is 13. The topological polar surface area (TPSA) is 86.2 Å². The Bertz CT molecular complexity index is 409. The van der Waals surface area contributed by atoms with Gasteiger partial charge in [0.05, 0.1) is 0 Å². The summed E-state index contributed by atoms with van der Waals surface area (Å²) >= 11 is 0. The molecule has 4 N–H and O–H groups in total. The van der Waals surface area contributed by atoms with Crippen molar-refractivity contribution in [1.29, 1.82) is 0 Å². The van der Waals surface area contributed by atoms with Gasteiger partial charge in [-0.3, -0.25) is 9.59 Å². The summed E-state index contributed by atoms with van der Waals surface area (Å²) in [6.45, 7) is 5.59. The van der Waals surface area contributed by atoms with Crippen LogP contribution in [-0.2, 0) is 9.59 Å². The van der Waals surface area contributed by atoms with E-state index in [2.05, 4.69) is 19.2 Å². The van der Waals surface area contributed by atoms with E-state index >= 15 is 0 Å². The van der Waals surface area contributed by atoms with Crippen LogP contribution in [0.2, 0.25) is 0 Å². The number of hydrogen-bond donors (Lipinski definition) is 2. The molecule has 2 atom stereocenters. The van der Waals surface area contributed by atoms with Gasteiger partial charge in [-0.1, -0.05) is 51.3 Å². The molecule has 124 valence electrons. The van der Waals surface area contributed by atoms with E-state index in [1.54, 1.807) is 12.2 Å². The molecule has 0 aliphatic heterocycles. The second-order valence-electron chi connectivity index (χ2n) is 5.66. The fraction of sp³-hybridized carbons (Fsp3) is 0.611. The second-order valence-corrected chi connectivity index (χ2v) is 5.66. The number of primary amides is 2. The van der Waals surface area contributed by atoms with E-state index in [9.17, 15) is 9.59 Å². The SMILES string of the molecule is C=C=C/C=C/CC(CCCC(CCCCC)C(N)=O)C(N)=O. The highest BCUT2D eigenvalue weighted by Gasteiger charge is 2.18. The van der Waals surface area contributed by atoms with E-state index in [1.165, 1.54) is 0 Å². The van der Waals surface area contributed by atoms with Crippen LogP contribution in [0.15, 0.2) is 30.5 Å². The van der Waals surface area contributed by atoms with Crippen LogP contribution in [0.4, 0.5) is 0 Å². The minimum absolute atomic E-state index is 0.0840. The van der Waals surface area contributed by atoms with E-state index in [4.69, 9.17) is 11.5 Å². The molecule has 0 saturated heterocycles. The van der Waals surface area contributed by atoms with Crippen LogP contribution in [-0.4, -0.2) is 11.8 Å². The summed E-state index contributed by atoms with van der Waals surface area (Å²) in [6.07, 6.45) is 12.3. The molecule has 0 aliphatic rings. The van der Waals surface area contributed by atoms with Crippen LogP contribution < -0.4 is 11.5 Å². The van der Waals surface area contributed by atoms with E-state index < -0.39 is 0 Å². The highest BCUT2D eigenvalue weighted by Crippen LogP contribution is 2.20. The molecular formula is C18H30N2O2. The number of unbranched alkanes of at least 4 members (excludes halogenated alkanes) is 2. The average molecular weight is 306 g/mol. The standard InChI is InChI=1S/C18H30N2O2/c1-3-5-7-9-12-16(18(20)22)14-10-13-15(17(19)21)11-8-6-4-2/h5,7,9,15-16H,1,4,6,8,10-14H2,2H3,(H2,19,21)(H2,20,22)/b9-7+. The summed E-state index contributed by atoms with van der Waals surface area (Å²) in [4.78, 5) is 22.9. The first kappa shape index (κ1) is 20.2. The number of carbonyl (C=O) groups is 2. The number of hydrogen-bond acceptors (Lipinski definition) is 2. The lowest BCUT2D eigenvalue weighted by molar-refractivity contribution is -0.122. The zero-order valence-electron chi connectivity index (χ0n) is 13.7. The Hall–Kier alpha value is -1.80. The van der Waals surface area contributed by atoms with Gasteiger partial charge < -0.3 is 11.5 Å². The maximum absolute atomic E-state index is 11.4. The van der Waals surface area contributed by atoms with Crippen molar-refractivity contribution >= 4 is 11.8 Å². The van der Waals surface area contributed by atoms with Gasteiger partial charge >= 0.3 is 0 Å². The Kier molecular flexibility index (Phi) is 11.8. The summed E-state index contributed by atoms with van der Waals surface area (Å²) < 4.78 is 0. The third-order valence-corrected chi connectivity index (χ3v) is 3.84. The number of nitrogens with two attached hydrogens (primary N) is 2. The number of amides is 2. The monoisotopic (exact) mass is 306 g/mol. The lowest BCUT2D eigenvalue weighted by Crippen LogP contribution is -2.25. The fourth-order valence-corrected chi connectivity index (χ4v) is 2.44. The number of carbonyl (C=O) groups excluding carboxylic acids is 2. The van der Waals surface area contributed by atoms with Crippen molar-refractivity contribution in [2.24, 2.45) is 23.3 Å². The van der Waals surface area contributed by atoms with Gasteiger partial charge in [0.15, 0.2) is 0 Å². The molecule has 0 aromatic rings. The van der Waals surface area contributed by atoms with Crippen molar-refractivity contribution in [1.82, 2.24) is 0 Å². The molecule has 0 aromatic heterocycles. The van der Waals surface area contributed by atoms with Gasteiger partial charge in [-0.15, -0.1) is 5.73 Å². The Morgan fingerprint density at radius 1 is 1.05 bits per heavy atom. The van der Waals surface area contributed by atoms with Gasteiger partial charge in [-0.2, -0.15) is 0 Å². The Morgan fingerprint density at radius 3 is 2.18 bits per heavy atom. The zero-order valence-corrected chi connectivity index (χ0v) is 13.7. The second kappa shape index (κ2) is 12.9. The predicted octanol–water partition coefficient (Wildman–Crippen LogP) is 3.23. The molecular weight excluding hydrogens is 276 g/mol. The van der Waals surface area contributed by atoms with E-state index in [-0.39, 0.29) is 23.7 Å².